The summed E-state index contributed by atoms with van der Waals surface area (Å²) in [5.41, 5.74) is 4.59. The zero-order valence-electron chi connectivity index (χ0n) is 21.2. The molecule has 1 N–H and O–H groups in total. The van der Waals surface area contributed by atoms with Gasteiger partial charge in [0.1, 0.15) is 12.4 Å². The third-order valence-corrected chi connectivity index (χ3v) is 6.97. The predicted molar refractivity (Wildman–Crippen MR) is 143 cm³/mol. The van der Waals surface area contributed by atoms with Crippen LogP contribution >= 0.6 is 0 Å². The Hall–Kier alpha value is -4.04. The van der Waals surface area contributed by atoms with Gasteiger partial charge in [0.05, 0.1) is 16.7 Å². The summed E-state index contributed by atoms with van der Waals surface area (Å²) in [4.78, 5) is 37.1. The first-order valence-corrected chi connectivity index (χ1v) is 12.6. The first-order valence-electron chi connectivity index (χ1n) is 12.6. The number of aromatic nitrogens is 3. The molecule has 1 fully saturated rings. The molecule has 1 saturated heterocycles. The van der Waals surface area contributed by atoms with Crippen LogP contribution in [0.15, 0.2) is 67.0 Å². The predicted octanol–water partition coefficient (Wildman–Crippen LogP) is 4.63. The minimum absolute atomic E-state index is 0.0496. The summed E-state index contributed by atoms with van der Waals surface area (Å²) in [5, 5.41) is 2.92. The Morgan fingerprint density at radius 1 is 1.08 bits per heavy atom. The quantitative estimate of drug-likeness (QED) is 0.420. The molecule has 3 heterocycles. The molecular weight excluding hydrogens is 466 g/mol. The van der Waals surface area contributed by atoms with Gasteiger partial charge in [-0.15, -0.1) is 0 Å². The average molecular weight is 498 g/mol. The zero-order valence-corrected chi connectivity index (χ0v) is 21.2. The van der Waals surface area contributed by atoms with E-state index in [1.807, 2.05) is 40.8 Å². The van der Waals surface area contributed by atoms with Gasteiger partial charge in [-0.1, -0.05) is 30.3 Å². The Bertz CT molecular complexity index is 1400. The van der Waals surface area contributed by atoms with E-state index in [0.29, 0.717) is 41.6 Å². The van der Waals surface area contributed by atoms with Crippen molar-refractivity contribution in [3.63, 3.8) is 0 Å². The number of carbonyl (C=O) groups is 2. The van der Waals surface area contributed by atoms with Crippen molar-refractivity contribution >= 4 is 28.5 Å². The summed E-state index contributed by atoms with van der Waals surface area (Å²) < 4.78 is 6.92. The van der Waals surface area contributed by atoms with Gasteiger partial charge in [0.15, 0.2) is 0 Å². The van der Waals surface area contributed by atoms with Crippen molar-refractivity contribution in [3.8, 4) is 11.4 Å². The fraction of sp³-hybridized carbons (Fsp3) is 0.310. The molecule has 5 rings (SSSR count). The highest BCUT2D eigenvalue weighted by atomic mass is 16.5. The van der Waals surface area contributed by atoms with Crippen molar-refractivity contribution in [2.75, 3.05) is 32.1 Å². The second-order valence-electron chi connectivity index (χ2n) is 9.44. The summed E-state index contributed by atoms with van der Waals surface area (Å²) in [7, 11) is 3.37. The van der Waals surface area contributed by atoms with Gasteiger partial charge in [0, 0.05) is 50.8 Å². The van der Waals surface area contributed by atoms with E-state index in [1.165, 1.54) is 12.7 Å². The van der Waals surface area contributed by atoms with Crippen molar-refractivity contribution < 1.29 is 14.3 Å². The number of fused-ring (bicyclic) bond motifs is 1. The average Bonchev–Trinajstić information content (AvgIpc) is 3.09. The van der Waals surface area contributed by atoms with Crippen LogP contribution in [-0.2, 0) is 16.6 Å². The summed E-state index contributed by atoms with van der Waals surface area (Å²) in [6.45, 7) is 1.31. The summed E-state index contributed by atoms with van der Waals surface area (Å²) in [5.74, 6) is 0.808. The molecular formula is C29H31N5O3. The Labute approximate surface area is 216 Å². The van der Waals surface area contributed by atoms with Crippen LogP contribution in [-0.4, -0.2) is 58.1 Å². The number of imidazole rings is 1. The molecule has 2 amide bonds. The Balaban J connectivity index is 1.48. The van der Waals surface area contributed by atoms with Gasteiger partial charge >= 0.3 is 0 Å². The van der Waals surface area contributed by atoms with Crippen LogP contribution in [0.3, 0.4) is 0 Å². The molecule has 1 aliphatic rings. The number of pyridine rings is 1. The lowest BCUT2D eigenvalue weighted by atomic mass is 9.92. The molecule has 8 heteroatoms. The topological polar surface area (TPSA) is 89.3 Å². The molecule has 1 aliphatic heterocycles. The number of carbonyl (C=O) groups excluding carboxylic acids is 2. The SMILES string of the molecule is COCC(=O)Nc1cc(C(=O)N2CCC[C@@H](c3ccccc3)CC2)cc2nc(-c3cccnc3)n(C)c12. The van der Waals surface area contributed by atoms with Gasteiger partial charge < -0.3 is 19.5 Å². The number of aryl methyl sites for hydroxylation is 1. The van der Waals surface area contributed by atoms with E-state index in [-0.39, 0.29) is 18.4 Å². The second-order valence-corrected chi connectivity index (χ2v) is 9.44. The van der Waals surface area contributed by atoms with Crippen molar-refractivity contribution in [1.82, 2.24) is 19.4 Å². The maximum Gasteiger partial charge on any atom is 0.254 e. The largest absolute Gasteiger partial charge is 0.375 e. The standard InChI is InChI=1S/C29H31N5O3/c1-33-27-24(31-26(35)19-37-2)16-23(17-25(27)32-28(33)22-10-6-13-30-18-22)29(36)34-14-7-11-21(12-15-34)20-8-4-3-5-9-20/h3-6,8-10,13,16-18,21H,7,11-12,14-15,19H2,1-2H3,(H,31,35)/t21-/m1/s1. The smallest absolute Gasteiger partial charge is 0.254 e. The van der Waals surface area contributed by atoms with Crippen LogP contribution in [0.5, 0.6) is 0 Å². The number of ether oxygens (including phenoxy) is 1. The van der Waals surface area contributed by atoms with Crippen molar-refractivity contribution in [2.45, 2.75) is 25.2 Å². The Morgan fingerprint density at radius 2 is 1.92 bits per heavy atom. The van der Waals surface area contributed by atoms with E-state index in [9.17, 15) is 9.59 Å². The molecule has 0 unspecified atom stereocenters. The van der Waals surface area contributed by atoms with Gasteiger partial charge in [-0.25, -0.2) is 4.98 Å². The molecule has 37 heavy (non-hydrogen) atoms. The number of nitrogens with zero attached hydrogens (tertiary/aromatic N) is 4. The molecule has 0 bridgehead atoms. The summed E-state index contributed by atoms with van der Waals surface area (Å²) in [6, 6.07) is 17.9. The molecule has 0 spiro atoms. The molecule has 1 atom stereocenters. The van der Waals surface area contributed by atoms with Crippen LogP contribution in [0.1, 0.15) is 41.1 Å². The lowest BCUT2D eigenvalue weighted by Gasteiger charge is -2.21. The Kier molecular flexibility index (Phi) is 7.28. The third kappa shape index (κ3) is 5.24. The fourth-order valence-electron chi connectivity index (χ4n) is 5.18. The van der Waals surface area contributed by atoms with E-state index >= 15 is 0 Å². The molecule has 0 aliphatic carbocycles. The number of amides is 2. The fourth-order valence-corrected chi connectivity index (χ4v) is 5.18. The van der Waals surface area contributed by atoms with E-state index in [1.54, 1.807) is 18.5 Å². The Morgan fingerprint density at radius 3 is 2.68 bits per heavy atom. The van der Waals surface area contributed by atoms with Gasteiger partial charge in [-0.05, 0) is 55.0 Å². The van der Waals surface area contributed by atoms with Crippen LogP contribution in [0.4, 0.5) is 5.69 Å². The number of methoxy groups -OCH3 is 1. The zero-order chi connectivity index (χ0) is 25.8. The normalized spacial score (nSPS) is 15.9. The number of anilines is 1. The molecule has 2 aromatic carbocycles. The highest BCUT2D eigenvalue weighted by Crippen LogP contribution is 2.32. The van der Waals surface area contributed by atoms with Crippen molar-refractivity contribution in [3.05, 3.63) is 78.1 Å². The minimum atomic E-state index is -0.294. The first kappa shape index (κ1) is 24.6. The van der Waals surface area contributed by atoms with Crippen LogP contribution < -0.4 is 5.32 Å². The maximum absolute atomic E-state index is 13.7. The van der Waals surface area contributed by atoms with Crippen LogP contribution in [0.25, 0.3) is 22.4 Å². The highest BCUT2D eigenvalue weighted by molar-refractivity contribution is 6.06. The lowest BCUT2D eigenvalue weighted by molar-refractivity contribution is -0.119. The van der Waals surface area contributed by atoms with E-state index in [4.69, 9.17) is 9.72 Å². The van der Waals surface area contributed by atoms with Crippen LogP contribution in [0, 0.1) is 0 Å². The molecule has 2 aromatic heterocycles. The molecule has 4 aromatic rings. The summed E-state index contributed by atoms with van der Waals surface area (Å²) >= 11 is 0. The number of hydrogen-bond donors (Lipinski definition) is 1. The van der Waals surface area contributed by atoms with Crippen molar-refractivity contribution in [1.29, 1.82) is 0 Å². The number of rotatable bonds is 6. The van der Waals surface area contributed by atoms with E-state index < -0.39 is 0 Å². The van der Waals surface area contributed by atoms with E-state index in [0.717, 1.165) is 30.3 Å². The monoisotopic (exact) mass is 497 g/mol. The number of likely N-dealkylation sites (tertiary alicyclic amines) is 1. The number of hydrogen-bond acceptors (Lipinski definition) is 5. The second kappa shape index (κ2) is 10.9. The maximum atomic E-state index is 13.7. The van der Waals surface area contributed by atoms with Crippen LogP contribution in [0.2, 0.25) is 0 Å². The van der Waals surface area contributed by atoms with Crippen molar-refractivity contribution in [2.24, 2.45) is 7.05 Å². The highest BCUT2D eigenvalue weighted by Gasteiger charge is 2.25. The molecule has 8 nitrogen and oxygen atoms in total. The first-order chi connectivity index (χ1) is 18.0. The number of nitrogens with one attached hydrogen (secondary N) is 1. The number of benzene rings is 2. The molecule has 0 radical (unpaired) electrons. The molecule has 0 saturated carbocycles. The van der Waals surface area contributed by atoms with Gasteiger partial charge in [-0.3, -0.25) is 14.6 Å². The van der Waals surface area contributed by atoms with E-state index in [2.05, 4.69) is 34.6 Å². The van der Waals surface area contributed by atoms with Gasteiger partial charge in [0.2, 0.25) is 5.91 Å². The third-order valence-electron chi connectivity index (χ3n) is 6.97. The minimum Gasteiger partial charge on any atom is -0.375 e. The van der Waals surface area contributed by atoms with Gasteiger partial charge in [-0.2, -0.15) is 0 Å². The van der Waals surface area contributed by atoms with Gasteiger partial charge in [0.25, 0.3) is 5.91 Å². The molecule has 190 valence electrons. The summed E-state index contributed by atoms with van der Waals surface area (Å²) in [6.07, 6.45) is 6.38. The lowest BCUT2D eigenvalue weighted by Crippen LogP contribution is -2.32.